The summed E-state index contributed by atoms with van der Waals surface area (Å²) < 4.78 is 0.859. The zero-order chi connectivity index (χ0) is 12.6. The first-order valence-electron chi connectivity index (χ1n) is 5.40. The fourth-order valence-electron chi connectivity index (χ4n) is 2.07. The van der Waals surface area contributed by atoms with Gasteiger partial charge in [0.05, 0.1) is 5.02 Å². The number of nitrogens with zero attached hydrogens (tertiary/aromatic N) is 1. The molecule has 1 saturated heterocycles. The summed E-state index contributed by atoms with van der Waals surface area (Å²) in [5.74, 6) is 1.24. The summed E-state index contributed by atoms with van der Waals surface area (Å²) in [6.45, 7) is 2.67. The summed E-state index contributed by atoms with van der Waals surface area (Å²) in [4.78, 5) is 13.7. The SMILES string of the molecule is Cc1c(N2CC(CS)CC2=O)ccc(Br)c1Cl. The van der Waals surface area contributed by atoms with E-state index in [-0.39, 0.29) is 5.91 Å². The Morgan fingerprint density at radius 2 is 2.29 bits per heavy atom. The van der Waals surface area contributed by atoms with Crippen molar-refractivity contribution in [2.45, 2.75) is 13.3 Å². The minimum atomic E-state index is 0.158. The van der Waals surface area contributed by atoms with E-state index < -0.39 is 0 Å². The molecule has 2 nitrogen and oxygen atoms in total. The maximum Gasteiger partial charge on any atom is 0.227 e. The summed E-state index contributed by atoms with van der Waals surface area (Å²) in [6, 6.07) is 3.82. The van der Waals surface area contributed by atoms with Crippen molar-refractivity contribution >= 4 is 51.8 Å². The highest BCUT2D eigenvalue weighted by Gasteiger charge is 2.30. The number of halogens is 2. The van der Waals surface area contributed by atoms with Gasteiger partial charge in [-0.1, -0.05) is 11.6 Å². The van der Waals surface area contributed by atoms with Crippen LogP contribution in [0, 0.1) is 12.8 Å². The van der Waals surface area contributed by atoms with Crippen LogP contribution in [0.1, 0.15) is 12.0 Å². The van der Waals surface area contributed by atoms with Crippen LogP contribution in [0.5, 0.6) is 0 Å². The normalized spacial score (nSPS) is 20.1. The molecule has 1 aromatic carbocycles. The number of hydrogen-bond acceptors (Lipinski definition) is 2. The van der Waals surface area contributed by atoms with Crippen LogP contribution < -0.4 is 4.90 Å². The first kappa shape index (κ1) is 13.2. The summed E-state index contributed by atoms with van der Waals surface area (Å²) in [7, 11) is 0. The van der Waals surface area contributed by atoms with Crippen molar-refractivity contribution in [1.82, 2.24) is 0 Å². The van der Waals surface area contributed by atoms with Gasteiger partial charge in [-0.05, 0) is 52.2 Å². The number of anilines is 1. The van der Waals surface area contributed by atoms with Crippen molar-refractivity contribution in [3.8, 4) is 0 Å². The van der Waals surface area contributed by atoms with Gasteiger partial charge in [-0.2, -0.15) is 12.6 Å². The van der Waals surface area contributed by atoms with Crippen molar-refractivity contribution in [3.05, 3.63) is 27.2 Å². The second kappa shape index (κ2) is 5.21. The lowest BCUT2D eigenvalue weighted by Crippen LogP contribution is -2.25. The summed E-state index contributed by atoms with van der Waals surface area (Å²) >= 11 is 13.8. The van der Waals surface area contributed by atoms with Crippen LogP contribution in [-0.2, 0) is 4.79 Å². The molecule has 0 radical (unpaired) electrons. The smallest absolute Gasteiger partial charge is 0.227 e. The monoisotopic (exact) mass is 333 g/mol. The largest absolute Gasteiger partial charge is 0.312 e. The average molecular weight is 335 g/mol. The Morgan fingerprint density at radius 1 is 1.59 bits per heavy atom. The van der Waals surface area contributed by atoms with E-state index in [0.29, 0.717) is 17.4 Å². The molecule has 5 heteroatoms. The Balaban J connectivity index is 2.35. The molecule has 1 atom stereocenters. The molecule has 0 N–H and O–H groups in total. The van der Waals surface area contributed by atoms with E-state index in [2.05, 4.69) is 28.6 Å². The maximum absolute atomic E-state index is 11.9. The molecule has 0 aromatic heterocycles. The van der Waals surface area contributed by atoms with Gasteiger partial charge in [-0.25, -0.2) is 0 Å². The lowest BCUT2D eigenvalue weighted by Gasteiger charge is -2.20. The molecule has 1 aliphatic heterocycles. The Bertz CT molecular complexity index is 466. The number of carbonyl (C=O) groups excluding carboxylic acids is 1. The average Bonchev–Trinajstić information content (AvgIpc) is 2.68. The van der Waals surface area contributed by atoms with Crippen LogP contribution in [0.25, 0.3) is 0 Å². The molecule has 1 aromatic rings. The number of thiol groups is 1. The molecule has 0 saturated carbocycles. The molecule has 0 bridgehead atoms. The second-order valence-electron chi connectivity index (χ2n) is 4.26. The molecule has 17 heavy (non-hydrogen) atoms. The van der Waals surface area contributed by atoms with E-state index in [1.165, 1.54) is 0 Å². The van der Waals surface area contributed by atoms with Crippen molar-refractivity contribution < 1.29 is 4.79 Å². The van der Waals surface area contributed by atoms with E-state index in [4.69, 9.17) is 11.6 Å². The Hall–Kier alpha value is -0.190. The molecule has 1 unspecified atom stereocenters. The Morgan fingerprint density at radius 3 is 2.88 bits per heavy atom. The van der Waals surface area contributed by atoms with Gasteiger partial charge >= 0.3 is 0 Å². The Kier molecular flexibility index (Phi) is 4.06. The van der Waals surface area contributed by atoms with E-state index in [0.717, 1.165) is 28.0 Å². The summed E-state index contributed by atoms with van der Waals surface area (Å²) in [5.41, 5.74) is 1.85. The lowest BCUT2D eigenvalue weighted by molar-refractivity contribution is -0.117. The number of hydrogen-bond donors (Lipinski definition) is 1. The third-order valence-electron chi connectivity index (χ3n) is 3.06. The molecule has 0 spiro atoms. The number of rotatable bonds is 2. The molecule has 1 amide bonds. The maximum atomic E-state index is 11.9. The van der Waals surface area contributed by atoms with Crippen molar-refractivity contribution in [1.29, 1.82) is 0 Å². The van der Waals surface area contributed by atoms with E-state index >= 15 is 0 Å². The first-order chi connectivity index (χ1) is 8.04. The quantitative estimate of drug-likeness (QED) is 0.818. The van der Waals surface area contributed by atoms with Gasteiger partial charge in [0.2, 0.25) is 5.91 Å². The van der Waals surface area contributed by atoms with Crippen LogP contribution in [0.4, 0.5) is 5.69 Å². The van der Waals surface area contributed by atoms with Crippen LogP contribution in [0.15, 0.2) is 16.6 Å². The molecule has 1 heterocycles. The lowest BCUT2D eigenvalue weighted by atomic mass is 10.1. The third-order valence-corrected chi connectivity index (χ3v) is 4.96. The zero-order valence-electron chi connectivity index (χ0n) is 9.41. The molecule has 92 valence electrons. The fourth-order valence-corrected chi connectivity index (χ4v) is 2.90. The van der Waals surface area contributed by atoms with E-state index in [9.17, 15) is 4.79 Å². The van der Waals surface area contributed by atoms with Crippen LogP contribution >= 0.6 is 40.2 Å². The van der Waals surface area contributed by atoms with Crippen molar-refractivity contribution in [2.75, 3.05) is 17.2 Å². The molecule has 1 aliphatic rings. The van der Waals surface area contributed by atoms with Gasteiger partial charge in [0, 0.05) is 23.1 Å². The minimum Gasteiger partial charge on any atom is -0.312 e. The second-order valence-corrected chi connectivity index (χ2v) is 5.86. The predicted molar refractivity (Wildman–Crippen MR) is 78.2 cm³/mol. The molecular formula is C12H13BrClNOS. The summed E-state index contributed by atoms with van der Waals surface area (Å²) in [5, 5.41) is 0.671. The summed E-state index contributed by atoms with van der Waals surface area (Å²) in [6.07, 6.45) is 0.580. The Labute approximate surface area is 120 Å². The standard InChI is InChI=1S/C12H13BrClNOS/c1-7-10(3-2-9(13)12(7)14)15-5-8(6-17)4-11(15)16/h2-3,8,17H,4-6H2,1H3. The topological polar surface area (TPSA) is 20.3 Å². The van der Waals surface area contributed by atoms with Gasteiger partial charge in [-0.3, -0.25) is 4.79 Å². The highest BCUT2D eigenvalue weighted by Crippen LogP contribution is 2.35. The predicted octanol–water partition coefficient (Wildman–Crippen LogP) is 3.69. The highest BCUT2D eigenvalue weighted by atomic mass is 79.9. The third kappa shape index (κ3) is 2.49. The van der Waals surface area contributed by atoms with Gasteiger partial charge in [0.25, 0.3) is 0 Å². The van der Waals surface area contributed by atoms with Crippen LogP contribution in [-0.4, -0.2) is 18.2 Å². The molecular weight excluding hydrogens is 322 g/mol. The zero-order valence-corrected chi connectivity index (χ0v) is 12.6. The molecule has 1 fully saturated rings. The van der Waals surface area contributed by atoms with Gasteiger partial charge in [0.15, 0.2) is 0 Å². The van der Waals surface area contributed by atoms with E-state index in [1.54, 1.807) is 0 Å². The van der Waals surface area contributed by atoms with Crippen molar-refractivity contribution in [2.24, 2.45) is 5.92 Å². The first-order valence-corrected chi connectivity index (χ1v) is 7.20. The van der Waals surface area contributed by atoms with Crippen LogP contribution in [0.3, 0.4) is 0 Å². The van der Waals surface area contributed by atoms with Crippen molar-refractivity contribution in [3.63, 3.8) is 0 Å². The van der Waals surface area contributed by atoms with E-state index in [1.807, 2.05) is 24.0 Å². The number of carbonyl (C=O) groups is 1. The number of amides is 1. The number of benzene rings is 1. The van der Waals surface area contributed by atoms with Gasteiger partial charge in [-0.15, -0.1) is 0 Å². The van der Waals surface area contributed by atoms with Gasteiger partial charge in [0.1, 0.15) is 0 Å². The molecule has 2 rings (SSSR count). The highest BCUT2D eigenvalue weighted by molar-refractivity contribution is 9.10. The molecule has 0 aliphatic carbocycles. The van der Waals surface area contributed by atoms with Crippen LogP contribution in [0.2, 0.25) is 5.02 Å². The minimum absolute atomic E-state index is 0.158. The van der Waals surface area contributed by atoms with Gasteiger partial charge < -0.3 is 4.90 Å². The fraction of sp³-hybridized carbons (Fsp3) is 0.417.